The number of aromatic nitrogens is 1. The number of rotatable bonds is 2. The molecule has 142 valence electrons. The molecule has 0 aliphatic heterocycles. The number of halogens is 7. The van der Waals surface area contributed by atoms with Crippen LogP contribution in [0, 0.1) is 0 Å². The molecule has 0 aliphatic rings. The molecule has 0 N–H and O–H groups in total. The zero-order chi connectivity index (χ0) is 20.1. The monoisotopic (exact) mass is 419 g/mol. The molecule has 0 saturated heterocycles. The molecule has 0 aliphatic carbocycles. The van der Waals surface area contributed by atoms with Crippen LogP contribution in [0.15, 0.2) is 40.2 Å². The van der Waals surface area contributed by atoms with Crippen molar-refractivity contribution in [3.8, 4) is 5.69 Å². The summed E-state index contributed by atoms with van der Waals surface area (Å²) in [6, 6.07) is 1.62. The second kappa shape index (κ2) is 6.31. The number of hydrogen-bond acceptors (Lipinski definition) is 3. The third kappa shape index (κ3) is 4.04. The Morgan fingerprint density at radius 3 is 1.96 bits per heavy atom. The molecule has 1 aromatic heterocycles. The minimum Gasteiger partial charge on any atom is -0.281 e. The molecule has 0 spiro atoms. The van der Waals surface area contributed by atoms with E-state index in [1.165, 1.54) is 0 Å². The van der Waals surface area contributed by atoms with Crippen molar-refractivity contribution in [2.45, 2.75) is 17.2 Å². The van der Waals surface area contributed by atoms with Crippen LogP contribution in [0.4, 0.5) is 26.3 Å². The molecule has 0 fully saturated rings. The first kappa shape index (κ1) is 20.3. The predicted octanol–water partition coefficient (Wildman–Crippen LogP) is 3.93. The largest absolute Gasteiger partial charge is 0.417 e. The molecule has 0 radical (unpaired) electrons. The molecule has 1 heterocycles. The van der Waals surface area contributed by atoms with Gasteiger partial charge < -0.3 is 0 Å². The van der Waals surface area contributed by atoms with E-state index in [1.807, 2.05) is 0 Å². The Morgan fingerprint density at radius 1 is 0.962 bits per heavy atom. The maximum atomic E-state index is 12.9. The predicted molar refractivity (Wildman–Crippen MR) is 80.2 cm³/mol. The van der Waals surface area contributed by atoms with Crippen LogP contribution in [0.1, 0.15) is 11.1 Å². The summed E-state index contributed by atoms with van der Waals surface area (Å²) in [5.41, 5.74) is -4.61. The maximum Gasteiger partial charge on any atom is 0.417 e. The van der Waals surface area contributed by atoms with Gasteiger partial charge in [0.05, 0.1) is 21.7 Å². The molecular weight excluding hydrogens is 412 g/mol. The van der Waals surface area contributed by atoms with Crippen molar-refractivity contribution >= 4 is 21.4 Å². The van der Waals surface area contributed by atoms with Gasteiger partial charge in [0.15, 0.2) is 9.84 Å². The zero-order valence-electron chi connectivity index (χ0n) is 12.6. The first-order valence-electron chi connectivity index (χ1n) is 6.53. The third-order valence-electron chi connectivity index (χ3n) is 3.25. The first-order valence-corrected chi connectivity index (χ1v) is 8.80. The van der Waals surface area contributed by atoms with E-state index in [9.17, 15) is 39.6 Å². The van der Waals surface area contributed by atoms with Gasteiger partial charge in [-0.15, -0.1) is 0 Å². The van der Waals surface area contributed by atoms with Crippen molar-refractivity contribution in [2.75, 3.05) is 6.26 Å². The lowest BCUT2D eigenvalue weighted by atomic mass is 10.2. The second-order valence-electron chi connectivity index (χ2n) is 5.20. The van der Waals surface area contributed by atoms with E-state index in [0.29, 0.717) is 24.5 Å². The van der Waals surface area contributed by atoms with Gasteiger partial charge in [0.25, 0.3) is 5.56 Å². The van der Waals surface area contributed by atoms with E-state index < -0.39 is 54.5 Å². The Kier molecular flexibility index (Phi) is 4.92. The van der Waals surface area contributed by atoms with Gasteiger partial charge in [-0.2, -0.15) is 26.3 Å². The van der Waals surface area contributed by atoms with Gasteiger partial charge in [0, 0.05) is 12.5 Å². The van der Waals surface area contributed by atoms with E-state index in [0.717, 1.165) is 0 Å². The SMILES string of the molecule is CS(=O)(=O)c1cc(C(F)(F)F)ccc1-n1cc(C(F)(F)F)cc(Cl)c1=O. The van der Waals surface area contributed by atoms with Crippen LogP contribution in [0.3, 0.4) is 0 Å². The lowest BCUT2D eigenvalue weighted by Crippen LogP contribution is -2.23. The highest BCUT2D eigenvalue weighted by atomic mass is 35.5. The summed E-state index contributed by atoms with van der Waals surface area (Å²) in [6.45, 7) is 0. The Morgan fingerprint density at radius 2 is 1.50 bits per heavy atom. The molecule has 0 unspecified atom stereocenters. The molecule has 4 nitrogen and oxygen atoms in total. The summed E-state index contributed by atoms with van der Waals surface area (Å²) in [7, 11) is -4.33. The molecule has 0 atom stereocenters. The lowest BCUT2D eigenvalue weighted by Gasteiger charge is -2.16. The fraction of sp³-hybridized carbons (Fsp3) is 0.214. The minimum atomic E-state index is -4.92. The van der Waals surface area contributed by atoms with Crippen LogP contribution >= 0.6 is 11.6 Å². The van der Waals surface area contributed by atoms with Crippen molar-refractivity contribution in [3.63, 3.8) is 0 Å². The van der Waals surface area contributed by atoms with Crippen molar-refractivity contribution < 1.29 is 34.8 Å². The lowest BCUT2D eigenvalue weighted by molar-refractivity contribution is -0.138. The van der Waals surface area contributed by atoms with Gasteiger partial charge in [-0.1, -0.05) is 11.6 Å². The molecule has 0 bridgehead atoms. The smallest absolute Gasteiger partial charge is 0.281 e. The number of hydrogen-bond donors (Lipinski definition) is 0. The molecule has 2 aromatic rings. The molecule has 0 amide bonds. The Balaban J connectivity index is 2.89. The summed E-state index contributed by atoms with van der Waals surface area (Å²) in [6.07, 6.45) is -8.98. The van der Waals surface area contributed by atoms with Gasteiger partial charge >= 0.3 is 12.4 Å². The van der Waals surface area contributed by atoms with Crippen LogP contribution in [0.25, 0.3) is 5.69 Å². The highest BCUT2D eigenvalue weighted by Gasteiger charge is 2.34. The van der Waals surface area contributed by atoms with Gasteiger partial charge in [-0.3, -0.25) is 9.36 Å². The summed E-state index contributed by atoms with van der Waals surface area (Å²) < 4.78 is 101. The Labute approximate surface area is 147 Å². The van der Waals surface area contributed by atoms with E-state index in [-0.39, 0.29) is 16.8 Å². The van der Waals surface area contributed by atoms with E-state index in [4.69, 9.17) is 11.6 Å². The van der Waals surface area contributed by atoms with Gasteiger partial charge in [-0.25, -0.2) is 8.42 Å². The standard InChI is InChI=1S/C14H8ClF6NO3S/c1-26(24,25)11-5-7(13(16,17)18)2-3-10(11)22-6-8(14(19,20)21)4-9(15)12(22)23/h2-6H,1H3. The van der Waals surface area contributed by atoms with Crippen LogP contribution in [0.5, 0.6) is 0 Å². The number of benzene rings is 1. The van der Waals surface area contributed by atoms with Crippen LogP contribution in [-0.2, 0) is 22.2 Å². The average Bonchev–Trinajstić information content (AvgIpc) is 2.46. The number of alkyl halides is 6. The van der Waals surface area contributed by atoms with Crippen LogP contribution in [0.2, 0.25) is 5.02 Å². The molecule has 0 saturated carbocycles. The molecular formula is C14H8ClF6NO3S. The number of pyridine rings is 1. The fourth-order valence-electron chi connectivity index (χ4n) is 2.07. The van der Waals surface area contributed by atoms with Crippen molar-refractivity contribution in [3.05, 3.63) is 57.0 Å². The van der Waals surface area contributed by atoms with Crippen molar-refractivity contribution in [2.24, 2.45) is 0 Å². The first-order chi connectivity index (χ1) is 11.6. The summed E-state index contributed by atoms with van der Waals surface area (Å²) in [4.78, 5) is 11.1. The average molecular weight is 420 g/mol. The summed E-state index contributed by atoms with van der Waals surface area (Å²) in [5.74, 6) is 0. The van der Waals surface area contributed by atoms with Crippen molar-refractivity contribution in [1.82, 2.24) is 4.57 Å². The number of sulfone groups is 1. The van der Waals surface area contributed by atoms with E-state index >= 15 is 0 Å². The normalized spacial score (nSPS) is 13.1. The van der Waals surface area contributed by atoms with Gasteiger partial charge in [-0.05, 0) is 24.3 Å². The second-order valence-corrected chi connectivity index (χ2v) is 7.59. The topological polar surface area (TPSA) is 56.1 Å². The molecule has 1 aromatic carbocycles. The maximum absolute atomic E-state index is 12.9. The molecule has 2 rings (SSSR count). The zero-order valence-corrected chi connectivity index (χ0v) is 14.2. The molecule has 26 heavy (non-hydrogen) atoms. The Bertz CT molecular complexity index is 1020. The third-order valence-corrected chi connectivity index (χ3v) is 4.64. The highest BCUT2D eigenvalue weighted by molar-refractivity contribution is 7.90. The highest BCUT2D eigenvalue weighted by Crippen LogP contribution is 2.34. The number of nitrogens with zero attached hydrogens (tertiary/aromatic N) is 1. The fourth-order valence-corrected chi connectivity index (χ4v) is 3.16. The summed E-state index contributed by atoms with van der Waals surface area (Å²) >= 11 is 5.48. The minimum absolute atomic E-state index is 0.241. The van der Waals surface area contributed by atoms with Crippen LogP contribution < -0.4 is 5.56 Å². The quantitative estimate of drug-likeness (QED) is 0.693. The van der Waals surface area contributed by atoms with Crippen LogP contribution in [-0.4, -0.2) is 19.2 Å². The van der Waals surface area contributed by atoms with Gasteiger partial charge in [0.1, 0.15) is 5.02 Å². The van der Waals surface area contributed by atoms with E-state index in [2.05, 4.69) is 0 Å². The summed E-state index contributed by atoms with van der Waals surface area (Å²) in [5, 5.41) is -0.876. The van der Waals surface area contributed by atoms with Gasteiger partial charge in [0.2, 0.25) is 0 Å². The van der Waals surface area contributed by atoms with E-state index in [1.54, 1.807) is 0 Å². The molecule has 12 heteroatoms. The van der Waals surface area contributed by atoms with Crippen molar-refractivity contribution in [1.29, 1.82) is 0 Å². The Hall–Kier alpha value is -2.01.